The van der Waals surface area contributed by atoms with Gasteiger partial charge in [0, 0.05) is 37.8 Å². The molecule has 0 bridgehead atoms. The third-order valence-electron chi connectivity index (χ3n) is 3.41. The van der Waals surface area contributed by atoms with E-state index in [2.05, 4.69) is 5.32 Å². The highest BCUT2D eigenvalue weighted by Crippen LogP contribution is 2.44. The van der Waals surface area contributed by atoms with Gasteiger partial charge in [-0.15, -0.1) is 24.8 Å². The Bertz CT molecular complexity index is 511. The summed E-state index contributed by atoms with van der Waals surface area (Å²) >= 11 is 0. The smallest absolute Gasteiger partial charge is 0.408 e. The van der Waals surface area contributed by atoms with Crippen molar-refractivity contribution in [3.8, 4) is 11.5 Å². The second-order valence-electron chi connectivity index (χ2n) is 4.78. The molecule has 10 heteroatoms. The Morgan fingerprint density at radius 1 is 1.22 bits per heavy atom. The SMILES string of the molecule is COc1cc(F)cc([C@H](N2CCNCC2)C(F)(F)F)c1O.Cl.Cl. The van der Waals surface area contributed by atoms with Gasteiger partial charge in [-0.1, -0.05) is 0 Å². The van der Waals surface area contributed by atoms with Gasteiger partial charge >= 0.3 is 6.18 Å². The topological polar surface area (TPSA) is 44.7 Å². The Morgan fingerprint density at radius 3 is 2.26 bits per heavy atom. The van der Waals surface area contributed by atoms with Crippen molar-refractivity contribution in [2.75, 3.05) is 33.3 Å². The maximum absolute atomic E-state index is 13.5. The normalized spacial score (nSPS) is 16.9. The van der Waals surface area contributed by atoms with Crippen molar-refractivity contribution >= 4 is 24.8 Å². The fraction of sp³-hybridized carbons (Fsp3) is 0.538. The van der Waals surface area contributed by atoms with Gasteiger partial charge < -0.3 is 15.2 Å². The lowest BCUT2D eigenvalue weighted by molar-refractivity contribution is -0.188. The lowest BCUT2D eigenvalue weighted by Gasteiger charge is -2.36. The molecule has 1 aliphatic heterocycles. The molecule has 1 aliphatic rings. The predicted molar refractivity (Wildman–Crippen MR) is 82.4 cm³/mol. The van der Waals surface area contributed by atoms with E-state index in [1.54, 1.807) is 0 Å². The van der Waals surface area contributed by atoms with Gasteiger partial charge in [-0.3, -0.25) is 4.90 Å². The van der Waals surface area contributed by atoms with E-state index < -0.39 is 29.3 Å². The lowest BCUT2D eigenvalue weighted by atomic mass is 10.0. The molecule has 1 aromatic rings. The van der Waals surface area contributed by atoms with Crippen molar-refractivity contribution in [3.05, 3.63) is 23.5 Å². The zero-order valence-corrected chi connectivity index (χ0v) is 13.8. The first kappa shape index (κ1) is 22.0. The molecule has 0 aliphatic carbocycles. The van der Waals surface area contributed by atoms with Gasteiger partial charge in [0.2, 0.25) is 0 Å². The highest BCUT2D eigenvalue weighted by Gasteiger charge is 2.46. The van der Waals surface area contributed by atoms with E-state index in [-0.39, 0.29) is 43.7 Å². The zero-order valence-electron chi connectivity index (χ0n) is 12.2. The molecule has 1 fully saturated rings. The molecule has 1 heterocycles. The summed E-state index contributed by atoms with van der Waals surface area (Å²) in [7, 11) is 1.16. The van der Waals surface area contributed by atoms with E-state index in [1.165, 1.54) is 4.90 Å². The van der Waals surface area contributed by atoms with Crippen LogP contribution >= 0.6 is 24.8 Å². The van der Waals surface area contributed by atoms with E-state index in [9.17, 15) is 22.7 Å². The van der Waals surface area contributed by atoms with Crippen molar-refractivity contribution in [2.45, 2.75) is 12.2 Å². The minimum absolute atomic E-state index is 0. The number of aromatic hydroxyl groups is 1. The first-order chi connectivity index (χ1) is 9.84. The van der Waals surface area contributed by atoms with Crippen molar-refractivity contribution in [1.82, 2.24) is 10.2 Å². The average Bonchev–Trinajstić information content (AvgIpc) is 2.42. The third kappa shape index (κ3) is 5.00. The Labute approximate surface area is 143 Å². The van der Waals surface area contributed by atoms with Gasteiger partial charge in [0.15, 0.2) is 11.5 Å². The van der Waals surface area contributed by atoms with Crippen LogP contribution in [-0.2, 0) is 0 Å². The van der Waals surface area contributed by atoms with Gasteiger partial charge in [-0.2, -0.15) is 13.2 Å². The summed E-state index contributed by atoms with van der Waals surface area (Å²) < 4.78 is 58.5. The minimum Gasteiger partial charge on any atom is -0.504 e. The number of nitrogens with zero attached hydrogens (tertiary/aromatic N) is 1. The summed E-state index contributed by atoms with van der Waals surface area (Å²) in [5.41, 5.74) is -0.527. The zero-order chi connectivity index (χ0) is 15.6. The molecule has 0 amide bonds. The maximum Gasteiger partial charge on any atom is 0.408 e. The van der Waals surface area contributed by atoms with Crippen LogP contribution in [0.15, 0.2) is 12.1 Å². The Balaban J connectivity index is 0.00000242. The van der Waals surface area contributed by atoms with Crippen LogP contribution in [-0.4, -0.2) is 49.5 Å². The molecule has 4 nitrogen and oxygen atoms in total. The summed E-state index contributed by atoms with van der Waals surface area (Å²) in [6.45, 7) is 1.12. The Hall–Kier alpha value is -0.960. The second kappa shape index (κ2) is 8.77. The van der Waals surface area contributed by atoms with E-state index in [0.717, 1.165) is 13.2 Å². The number of alkyl halides is 3. The average molecular weight is 381 g/mol. The molecule has 1 aromatic carbocycles. The van der Waals surface area contributed by atoms with Crippen LogP contribution in [0.1, 0.15) is 11.6 Å². The fourth-order valence-corrected chi connectivity index (χ4v) is 2.48. The number of piperazine rings is 1. The highest BCUT2D eigenvalue weighted by atomic mass is 35.5. The molecule has 134 valence electrons. The molecule has 2 rings (SSSR count). The number of nitrogens with one attached hydrogen (secondary N) is 1. The van der Waals surface area contributed by atoms with Crippen LogP contribution < -0.4 is 10.1 Å². The van der Waals surface area contributed by atoms with Crippen LogP contribution in [0.25, 0.3) is 0 Å². The second-order valence-corrected chi connectivity index (χ2v) is 4.78. The molecule has 0 spiro atoms. The van der Waals surface area contributed by atoms with Crippen molar-refractivity contribution in [3.63, 3.8) is 0 Å². The standard InChI is InChI=1S/C13H16F4N2O2.2ClH/c1-21-10-7-8(14)6-9(11(10)20)12(13(15,16)17)19-4-2-18-3-5-19;;/h6-7,12,18,20H,2-5H2,1H3;2*1H/t12-;;/m0../s1. The summed E-state index contributed by atoms with van der Waals surface area (Å²) in [4.78, 5) is 1.17. The number of hydrogen-bond acceptors (Lipinski definition) is 4. The number of benzene rings is 1. The Kier molecular flexibility index (Phi) is 8.40. The van der Waals surface area contributed by atoms with Crippen LogP contribution in [0, 0.1) is 5.82 Å². The van der Waals surface area contributed by atoms with E-state index in [1.807, 2.05) is 0 Å². The Morgan fingerprint density at radius 2 is 1.78 bits per heavy atom. The molecule has 0 aromatic heterocycles. The van der Waals surface area contributed by atoms with Gasteiger partial charge in [-0.05, 0) is 6.07 Å². The predicted octanol–water partition coefficient (Wildman–Crippen LogP) is 2.89. The molecule has 2 N–H and O–H groups in total. The van der Waals surface area contributed by atoms with Crippen LogP contribution in [0.5, 0.6) is 11.5 Å². The molecule has 1 saturated heterocycles. The minimum atomic E-state index is -4.63. The number of ether oxygens (including phenoxy) is 1. The number of phenols is 1. The molecular formula is C13H18Cl2F4N2O2. The van der Waals surface area contributed by atoms with Gasteiger partial charge in [-0.25, -0.2) is 4.39 Å². The maximum atomic E-state index is 13.5. The van der Waals surface area contributed by atoms with Gasteiger partial charge in [0.05, 0.1) is 7.11 Å². The monoisotopic (exact) mass is 380 g/mol. The third-order valence-corrected chi connectivity index (χ3v) is 3.41. The fourth-order valence-electron chi connectivity index (χ4n) is 2.48. The van der Waals surface area contributed by atoms with E-state index in [4.69, 9.17) is 4.74 Å². The molecule has 1 atom stereocenters. The van der Waals surface area contributed by atoms with Gasteiger partial charge in [0.25, 0.3) is 0 Å². The molecule has 0 saturated carbocycles. The quantitative estimate of drug-likeness (QED) is 0.791. The first-order valence-corrected chi connectivity index (χ1v) is 6.42. The molecule has 23 heavy (non-hydrogen) atoms. The number of hydrogen-bond donors (Lipinski definition) is 2. The number of rotatable bonds is 3. The van der Waals surface area contributed by atoms with Crippen LogP contribution in [0.3, 0.4) is 0 Å². The van der Waals surface area contributed by atoms with E-state index >= 15 is 0 Å². The van der Waals surface area contributed by atoms with Crippen molar-refractivity contribution in [2.24, 2.45) is 0 Å². The summed E-state index contributed by atoms with van der Waals surface area (Å²) in [6.07, 6.45) is -4.63. The van der Waals surface area contributed by atoms with Gasteiger partial charge in [0.1, 0.15) is 11.9 Å². The largest absolute Gasteiger partial charge is 0.504 e. The van der Waals surface area contributed by atoms with Crippen LogP contribution in [0.2, 0.25) is 0 Å². The summed E-state index contributed by atoms with van der Waals surface area (Å²) in [5, 5.41) is 12.9. The summed E-state index contributed by atoms with van der Waals surface area (Å²) in [5.74, 6) is -1.88. The van der Waals surface area contributed by atoms with Crippen LogP contribution in [0.4, 0.5) is 17.6 Å². The molecule has 0 unspecified atom stereocenters. The van der Waals surface area contributed by atoms with Crippen molar-refractivity contribution < 1.29 is 27.4 Å². The van der Waals surface area contributed by atoms with E-state index in [0.29, 0.717) is 19.2 Å². The number of methoxy groups -OCH3 is 1. The number of halogens is 6. The summed E-state index contributed by atoms with van der Waals surface area (Å²) in [6, 6.07) is -0.508. The molecule has 0 radical (unpaired) electrons. The number of phenolic OH excluding ortho intramolecular Hbond substituents is 1. The lowest BCUT2D eigenvalue weighted by Crippen LogP contribution is -2.49. The first-order valence-electron chi connectivity index (χ1n) is 6.42. The molecular weight excluding hydrogens is 363 g/mol. The highest BCUT2D eigenvalue weighted by molar-refractivity contribution is 5.85. The van der Waals surface area contributed by atoms with Crippen molar-refractivity contribution in [1.29, 1.82) is 0 Å².